The van der Waals surface area contributed by atoms with Gasteiger partial charge in [-0.3, -0.25) is 9.89 Å². The van der Waals surface area contributed by atoms with Crippen LogP contribution in [-0.2, 0) is 11.3 Å². The lowest BCUT2D eigenvalue weighted by Crippen LogP contribution is -2.37. The van der Waals surface area contributed by atoms with Crippen molar-refractivity contribution in [3.63, 3.8) is 0 Å². The summed E-state index contributed by atoms with van der Waals surface area (Å²) in [5.74, 6) is 2.20. The zero-order valence-electron chi connectivity index (χ0n) is 23.2. The maximum Gasteiger partial charge on any atom is 0.222 e. The molecule has 40 heavy (non-hydrogen) atoms. The Labute approximate surface area is 234 Å². The van der Waals surface area contributed by atoms with Crippen LogP contribution in [0.1, 0.15) is 18.9 Å². The van der Waals surface area contributed by atoms with Crippen molar-refractivity contribution >= 4 is 18.7 Å². The van der Waals surface area contributed by atoms with E-state index >= 15 is 0 Å². The molecule has 2 aliphatic rings. The number of anilines is 1. The highest BCUT2D eigenvalue weighted by molar-refractivity contribution is 5.63. The molecular formula is C29H38FN5O5. The van der Waals surface area contributed by atoms with Gasteiger partial charge in [0.2, 0.25) is 5.88 Å². The van der Waals surface area contributed by atoms with Crippen LogP contribution in [0.3, 0.4) is 0 Å². The first-order chi connectivity index (χ1) is 19.6. The second kappa shape index (κ2) is 15.2. The molecule has 0 amide bonds. The van der Waals surface area contributed by atoms with Crippen molar-refractivity contribution in [2.45, 2.75) is 19.9 Å². The van der Waals surface area contributed by atoms with Crippen LogP contribution in [0.15, 0.2) is 51.8 Å². The van der Waals surface area contributed by atoms with Crippen molar-refractivity contribution in [1.29, 1.82) is 0 Å². The minimum atomic E-state index is -0.406. The Morgan fingerprint density at radius 2 is 2.00 bits per heavy atom. The third-order valence-electron chi connectivity index (χ3n) is 6.49. The fourth-order valence-corrected chi connectivity index (χ4v) is 4.43. The fraction of sp³-hybridized carbons (Fsp3) is 0.448. The summed E-state index contributed by atoms with van der Waals surface area (Å²) in [6.45, 7) is 12.1. The second-order valence-corrected chi connectivity index (χ2v) is 9.24. The first kappa shape index (κ1) is 29.3. The minimum Gasteiger partial charge on any atom is -0.494 e. The monoisotopic (exact) mass is 555 g/mol. The Balaban J connectivity index is 1.47. The van der Waals surface area contributed by atoms with E-state index in [4.69, 9.17) is 23.7 Å². The lowest BCUT2D eigenvalue weighted by molar-refractivity contribution is 0.0357. The zero-order chi connectivity index (χ0) is 28.2. The largest absolute Gasteiger partial charge is 0.494 e. The number of nitrogens with zero attached hydrogens (tertiary/aromatic N) is 3. The molecule has 4 rings (SSSR count). The topological polar surface area (TPSA) is 98.2 Å². The van der Waals surface area contributed by atoms with E-state index < -0.39 is 5.82 Å². The van der Waals surface area contributed by atoms with E-state index in [1.165, 1.54) is 12.4 Å². The first-order valence-electron chi connectivity index (χ1n) is 13.5. The number of rotatable bonds is 13. The molecule has 2 aliphatic heterocycles. The molecule has 0 spiro atoms. The predicted molar refractivity (Wildman–Crippen MR) is 154 cm³/mol. The van der Waals surface area contributed by atoms with E-state index in [9.17, 15) is 4.39 Å². The van der Waals surface area contributed by atoms with Crippen LogP contribution < -0.4 is 29.6 Å². The average molecular weight is 556 g/mol. The van der Waals surface area contributed by atoms with Crippen molar-refractivity contribution in [3.05, 3.63) is 53.2 Å². The number of halogens is 1. The van der Waals surface area contributed by atoms with Crippen molar-refractivity contribution in [3.8, 4) is 23.0 Å². The van der Waals surface area contributed by atoms with Crippen molar-refractivity contribution in [2.75, 3.05) is 71.6 Å². The molecule has 0 unspecified atom stereocenters. The van der Waals surface area contributed by atoms with E-state index in [0.717, 1.165) is 50.4 Å². The molecule has 2 N–H and O–H groups in total. The van der Waals surface area contributed by atoms with Gasteiger partial charge >= 0.3 is 0 Å². The van der Waals surface area contributed by atoms with Crippen molar-refractivity contribution < 1.29 is 28.1 Å². The number of methoxy groups -OCH3 is 1. The van der Waals surface area contributed by atoms with Gasteiger partial charge in [-0.25, -0.2) is 9.38 Å². The Kier molecular flexibility index (Phi) is 11.1. The summed E-state index contributed by atoms with van der Waals surface area (Å²) in [6, 6.07) is 8.46. The summed E-state index contributed by atoms with van der Waals surface area (Å²) in [4.78, 5) is 10.5. The number of ether oxygens (including phenoxy) is 5. The summed E-state index contributed by atoms with van der Waals surface area (Å²) >= 11 is 0. The first-order valence-corrected chi connectivity index (χ1v) is 13.5. The van der Waals surface area contributed by atoms with Crippen LogP contribution in [0, 0.1) is 5.82 Å². The highest BCUT2D eigenvalue weighted by atomic mass is 19.1. The molecular weight excluding hydrogens is 517 g/mol. The van der Waals surface area contributed by atoms with Gasteiger partial charge in [0.1, 0.15) is 23.7 Å². The Hall–Kier alpha value is -3.67. The molecule has 0 aliphatic carbocycles. The molecule has 0 aromatic heterocycles. The van der Waals surface area contributed by atoms with Crippen LogP contribution in [-0.4, -0.2) is 84.2 Å². The normalized spacial score (nSPS) is 17.9. The van der Waals surface area contributed by atoms with Gasteiger partial charge in [-0.1, -0.05) is 0 Å². The van der Waals surface area contributed by atoms with Gasteiger partial charge in [-0.2, -0.15) is 0 Å². The maximum atomic E-state index is 14.6. The van der Waals surface area contributed by atoms with Gasteiger partial charge in [0.05, 0.1) is 39.2 Å². The van der Waals surface area contributed by atoms with Crippen LogP contribution in [0.5, 0.6) is 23.0 Å². The number of morpholine rings is 1. The molecule has 10 nitrogen and oxygen atoms in total. The third-order valence-corrected chi connectivity index (χ3v) is 6.49. The Bertz CT molecular complexity index is 1200. The molecule has 1 fully saturated rings. The standard InChI is InChI=1S/C29H38FN5O5/c1-4-38-23-6-7-25(24(30)15-23)33-19-22-18-32-17-21-14-28(39-11-5-8-35-9-12-37-13-10-35)27(36-3)16-26(21)40-29(22)34-20-31-2/h6-7,14-16,20,32-33H,2,4-5,8-13,17-19H2,1,3H3/b29-22+,34-20-. The van der Waals surface area contributed by atoms with Crippen molar-refractivity contribution in [2.24, 2.45) is 9.98 Å². The van der Waals surface area contributed by atoms with E-state index in [2.05, 4.69) is 32.2 Å². The lowest BCUT2D eigenvalue weighted by atomic mass is 10.1. The Morgan fingerprint density at radius 1 is 1.15 bits per heavy atom. The summed E-state index contributed by atoms with van der Waals surface area (Å²) in [6.07, 6.45) is 2.22. The van der Waals surface area contributed by atoms with Gasteiger partial charge in [-0.15, -0.1) is 0 Å². The summed E-state index contributed by atoms with van der Waals surface area (Å²) in [5.41, 5.74) is 2.02. The van der Waals surface area contributed by atoms with Gasteiger partial charge in [0, 0.05) is 62.5 Å². The van der Waals surface area contributed by atoms with Gasteiger partial charge in [0.25, 0.3) is 0 Å². The molecule has 0 saturated carbocycles. The van der Waals surface area contributed by atoms with E-state index in [-0.39, 0.29) is 0 Å². The van der Waals surface area contributed by atoms with Crippen LogP contribution in [0.2, 0.25) is 0 Å². The SMILES string of the molecule is C=N/C=N\C1=C(/CNc2ccc(OCC)cc2F)CNCc2cc(OCCCN3CCOCC3)c(OC)cc2O1. The zero-order valence-corrected chi connectivity index (χ0v) is 23.2. The highest BCUT2D eigenvalue weighted by Gasteiger charge is 2.20. The van der Waals surface area contributed by atoms with E-state index in [1.807, 2.05) is 13.0 Å². The minimum absolute atomic E-state index is 0.290. The van der Waals surface area contributed by atoms with Crippen LogP contribution in [0.4, 0.5) is 10.1 Å². The fourth-order valence-electron chi connectivity index (χ4n) is 4.43. The molecule has 1 saturated heterocycles. The van der Waals surface area contributed by atoms with Gasteiger partial charge < -0.3 is 34.3 Å². The number of nitrogens with one attached hydrogen (secondary N) is 2. The smallest absolute Gasteiger partial charge is 0.222 e. The lowest BCUT2D eigenvalue weighted by Gasteiger charge is -2.26. The van der Waals surface area contributed by atoms with Crippen LogP contribution >= 0.6 is 0 Å². The van der Waals surface area contributed by atoms with E-state index in [0.29, 0.717) is 67.4 Å². The highest BCUT2D eigenvalue weighted by Crippen LogP contribution is 2.37. The molecule has 0 atom stereocenters. The summed E-state index contributed by atoms with van der Waals surface area (Å²) in [7, 11) is 1.60. The van der Waals surface area contributed by atoms with Gasteiger partial charge in [-0.05, 0) is 38.3 Å². The molecule has 11 heteroatoms. The van der Waals surface area contributed by atoms with Gasteiger partial charge in [0.15, 0.2) is 11.5 Å². The number of hydrogen-bond donors (Lipinski definition) is 2. The average Bonchev–Trinajstić information content (AvgIpc) is 2.96. The molecule has 216 valence electrons. The predicted octanol–water partition coefficient (Wildman–Crippen LogP) is 3.87. The van der Waals surface area contributed by atoms with Crippen LogP contribution in [0.25, 0.3) is 0 Å². The molecule has 2 heterocycles. The number of benzene rings is 2. The molecule has 0 radical (unpaired) electrons. The third kappa shape index (κ3) is 8.17. The Morgan fingerprint density at radius 3 is 2.75 bits per heavy atom. The van der Waals surface area contributed by atoms with E-state index in [1.54, 1.807) is 25.3 Å². The van der Waals surface area contributed by atoms with Crippen molar-refractivity contribution in [1.82, 2.24) is 10.2 Å². The second-order valence-electron chi connectivity index (χ2n) is 9.24. The molecule has 2 aromatic rings. The molecule has 2 aromatic carbocycles. The maximum absolute atomic E-state index is 14.6. The number of hydrogen-bond acceptors (Lipinski definition) is 9. The number of aliphatic imine (C=N–C) groups is 2. The summed E-state index contributed by atoms with van der Waals surface area (Å²) in [5, 5.41) is 6.56. The quantitative estimate of drug-likeness (QED) is 0.218. The summed E-state index contributed by atoms with van der Waals surface area (Å²) < 4.78 is 43.4. The molecule has 0 bridgehead atoms. The number of fused-ring (bicyclic) bond motifs is 1.